The molecule has 1 aliphatic heterocycles. The highest BCUT2D eigenvalue weighted by Gasteiger charge is 2.53. The van der Waals surface area contributed by atoms with E-state index in [0.717, 1.165) is 29.5 Å². The van der Waals surface area contributed by atoms with Gasteiger partial charge in [-0.1, -0.05) is 84.0 Å². The average molecular weight is 602 g/mol. The number of benzene rings is 4. The highest BCUT2D eigenvalue weighted by Crippen LogP contribution is 2.44. The number of rotatable bonds is 13. The maximum atomic E-state index is 14.4. The first kappa shape index (κ1) is 29.9. The van der Waals surface area contributed by atoms with Crippen molar-refractivity contribution in [3.63, 3.8) is 0 Å². The Bertz CT molecular complexity index is 1700. The minimum absolute atomic E-state index is 0.0597. The van der Waals surface area contributed by atoms with Crippen LogP contribution in [0.2, 0.25) is 0 Å². The number of hydrogen-bond acceptors (Lipinski definition) is 6. The number of carbonyl (C=O) groups is 1. The van der Waals surface area contributed by atoms with Crippen molar-refractivity contribution in [3.8, 4) is 16.9 Å². The number of carbonyl (C=O) groups excluding carboxylic acids is 1. The van der Waals surface area contributed by atoms with Gasteiger partial charge >= 0.3 is 0 Å². The Kier molecular flexibility index (Phi) is 9.10. The molecule has 1 fully saturated rings. The van der Waals surface area contributed by atoms with Crippen molar-refractivity contribution in [1.82, 2.24) is 5.32 Å². The van der Waals surface area contributed by atoms with E-state index in [1.54, 1.807) is 12.1 Å². The summed E-state index contributed by atoms with van der Waals surface area (Å²) in [6.45, 7) is 1.04. The van der Waals surface area contributed by atoms with E-state index in [2.05, 4.69) is 27.5 Å². The van der Waals surface area contributed by atoms with Gasteiger partial charge in [0.05, 0.1) is 6.61 Å². The molecule has 1 heterocycles. The summed E-state index contributed by atoms with van der Waals surface area (Å²) < 4.78 is 12.4. The topological polar surface area (TPSA) is 129 Å². The van der Waals surface area contributed by atoms with Crippen LogP contribution in [0.3, 0.4) is 0 Å². The van der Waals surface area contributed by atoms with Crippen LogP contribution in [0.15, 0.2) is 113 Å². The molecule has 2 atom stereocenters. The Balaban J connectivity index is 1.42. The number of ether oxygens (including phenoxy) is 2. The molecule has 6 rings (SSSR count). The van der Waals surface area contributed by atoms with Gasteiger partial charge in [-0.05, 0) is 70.8 Å². The summed E-state index contributed by atoms with van der Waals surface area (Å²) in [5.74, 6) is 1.24. The van der Waals surface area contributed by atoms with Gasteiger partial charge in [-0.3, -0.25) is 4.79 Å². The minimum atomic E-state index is -1.38. The van der Waals surface area contributed by atoms with Crippen LogP contribution in [0, 0.1) is 5.92 Å². The van der Waals surface area contributed by atoms with Gasteiger partial charge in [0.25, 0.3) is 5.91 Å². The molecule has 1 aliphatic carbocycles. The van der Waals surface area contributed by atoms with Crippen molar-refractivity contribution < 1.29 is 19.4 Å². The molecule has 4 aromatic carbocycles. The molecule has 9 nitrogen and oxygen atoms in total. The summed E-state index contributed by atoms with van der Waals surface area (Å²) >= 11 is 0. The van der Waals surface area contributed by atoms with Crippen LogP contribution in [0.1, 0.15) is 42.1 Å². The fourth-order valence-electron chi connectivity index (χ4n) is 5.57. The van der Waals surface area contributed by atoms with Crippen LogP contribution in [-0.2, 0) is 16.0 Å². The first-order chi connectivity index (χ1) is 22.1. The maximum Gasteiger partial charge on any atom is 0.252 e. The predicted octanol–water partition coefficient (Wildman–Crippen LogP) is 7.08. The van der Waals surface area contributed by atoms with Gasteiger partial charge in [0.1, 0.15) is 5.75 Å². The van der Waals surface area contributed by atoms with E-state index < -0.39 is 11.6 Å². The lowest BCUT2D eigenvalue weighted by molar-refractivity contribution is -0.129. The standard InChI is InChI=1S/C36H35N5O4/c37-41-40-32-10-5-4-9-30(32)23-36(35(43)38-24-25-11-12-25)33(28-15-13-27(14-16-28)26-7-2-1-3-8-26)45-34(39-36)29-17-19-31(20-18-29)44-22-6-21-42/h1-5,7-10,13-20,25,33,42H,6,11-12,21-24H2,(H,38,43)/t33-,36-/m1/s1. The number of aliphatic imine (C=N–C) groups is 1. The van der Waals surface area contributed by atoms with Gasteiger partial charge < -0.3 is 19.9 Å². The molecular formula is C36H35N5O4. The van der Waals surface area contributed by atoms with Crippen molar-refractivity contribution in [2.75, 3.05) is 19.8 Å². The lowest BCUT2D eigenvalue weighted by Gasteiger charge is -2.31. The number of azide groups is 1. The molecule has 0 aromatic heterocycles. The van der Waals surface area contributed by atoms with Crippen LogP contribution in [0.5, 0.6) is 5.75 Å². The third kappa shape index (κ3) is 6.85. The fourth-order valence-corrected chi connectivity index (χ4v) is 5.57. The van der Waals surface area contributed by atoms with Crippen LogP contribution in [0.25, 0.3) is 21.6 Å². The van der Waals surface area contributed by atoms with Crippen LogP contribution in [-0.4, -0.2) is 42.2 Å². The number of nitrogens with one attached hydrogen (secondary N) is 1. The smallest absolute Gasteiger partial charge is 0.252 e. The number of hydrogen-bond donors (Lipinski definition) is 2. The van der Waals surface area contributed by atoms with E-state index in [0.29, 0.717) is 54.0 Å². The van der Waals surface area contributed by atoms with E-state index in [1.807, 2.05) is 78.9 Å². The number of aliphatic hydroxyl groups is 1. The summed E-state index contributed by atoms with van der Waals surface area (Å²) in [4.78, 5) is 22.5. The number of nitrogens with zero attached hydrogens (tertiary/aromatic N) is 4. The maximum absolute atomic E-state index is 14.4. The average Bonchev–Trinajstić information content (AvgIpc) is 3.84. The lowest BCUT2D eigenvalue weighted by Crippen LogP contribution is -2.50. The Morgan fingerprint density at radius 3 is 2.36 bits per heavy atom. The van der Waals surface area contributed by atoms with Crippen molar-refractivity contribution in [2.45, 2.75) is 37.3 Å². The lowest BCUT2D eigenvalue weighted by atomic mass is 9.81. The normalized spacial score (nSPS) is 18.8. The van der Waals surface area contributed by atoms with E-state index in [9.17, 15) is 10.3 Å². The highest BCUT2D eigenvalue weighted by molar-refractivity contribution is 6.01. The molecular weight excluding hydrogens is 566 g/mol. The number of aliphatic hydroxyl groups excluding tert-OH is 1. The first-order valence-corrected chi connectivity index (χ1v) is 15.3. The molecule has 0 radical (unpaired) electrons. The summed E-state index contributed by atoms with van der Waals surface area (Å²) in [6.07, 6.45) is 2.13. The molecule has 0 saturated heterocycles. The molecule has 2 N–H and O–H groups in total. The van der Waals surface area contributed by atoms with Crippen LogP contribution >= 0.6 is 0 Å². The van der Waals surface area contributed by atoms with Gasteiger partial charge in [-0.2, -0.15) is 0 Å². The molecule has 1 saturated carbocycles. The third-order valence-corrected chi connectivity index (χ3v) is 8.20. The second kappa shape index (κ2) is 13.7. The van der Waals surface area contributed by atoms with Gasteiger partial charge in [-0.25, -0.2) is 4.99 Å². The zero-order valence-corrected chi connectivity index (χ0v) is 24.9. The third-order valence-electron chi connectivity index (χ3n) is 8.20. The second-order valence-corrected chi connectivity index (χ2v) is 11.4. The fraction of sp³-hybridized carbons (Fsp3) is 0.278. The monoisotopic (exact) mass is 601 g/mol. The van der Waals surface area contributed by atoms with E-state index in [-0.39, 0.29) is 18.9 Å². The second-order valence-electron chi connectivity index (χ2n) is 11.4. The Hall–Kier alpha value is -5.11. The van der Waals surface area contributed by atoms with Crippen LogP contribution in [0.4, 0.5) is 5.69 Å². The summed E-state index contributed by atoms with van der Waals surface area (Å²) in [6, 6.07) is 32.8. The zero-order chi connectivity index (χ0) is 31.1. The Morgan fingerprint density at radius 1 is 0.956 bits per heavy atom. The molecule has 1 amide bonds. The minimum Gasteiger partial charge on any atom is -0.494 e. The van der Waals surface area contributed by atoms with Crippen molar-refractivity contribution in [3.05, 3.63) is 130 Å². The highest BCUT2D eigenvalue weighted by atomic mass is 16.5. The molecule has 4 aromatic rings. The number of amides is 1. The van der Waals surface area contributed by atoms with E-state index in [4.69, 9.17) is 19.6 Å². The molecule has 0 bridgehead atoms. The summed E-state index contributed by atoms with van der Waals surface area (Å²) in [5, 5.41) is 16.2. The molecule has 0 unspecified atom stereocenters. The largest absolute Gasteiger partial charge is 0.494 e. The van der Waals surface area contributed by atoms with Gasteiger partial charge in [0.15, 0.2) is 11.6 Å². The van der Waals surface area contributed by atoms with Crippen molar-refractivity contribution >= 4 is 17.5 Å². The Labute approximate surface area is 262 Å². The molecule has 0 spiro atoms. The quantitative estimate of drug-likeness (QED) is 0.0734. The van der Waals surface area contributed by atoms with E-state index in [1.165, 1.54) is 0 Å². The van der Waals surface area contributed by atoms with E-state index >= 15 is 0 Å². The predicted molar refractivity (Wildman–Crippen MR) is 173 cm³/mol. The van der Waals surface area contributed by atoms with Crippen LogP contribution < -0.4 is 10.1 Å². The van der Waals surface area contributed by atoms with Gasteiger partial charge in [-0.15, -0.1) is 0 Å². The molecule has 2 aliphatic rings. The van der Waals surface area contributed by atoms with Crippen molar-refractivity contribution in [1.29, 1.82) is 0 Å². The first-order valence-electron chi connectivity index (χ1n) is 15.3. The van der Waals surface area contributed by atoms with Gasteiger partial charge in [0.2, 0.25) is 5.90 Å². The molecule has 9 heteroatoms. The summed E-state index contributed by atoms with van der Waals surface area (Å²) in [5.41, 5.74) is 12.7. The Morgan fingerprint density at radius 2 is 1.64 bits per heavy atom. The van der Waals surface area contributed by atoms with Gasteiger partial charge in [0, 0.05) is 42.2 Å². The molecule has 45 heavy (non-hydrogen) atoms. The SMILES string of the molecule is [N-]=[N+]=Nc1ccccc1C[C@@]1(C(=O)NCC2CC2)N=C(c2ccc(OCCCO)cc2)O[C@@H]1c1ccc(-c2ccccc2)cc1. The van der Waals surface area contributed by atoms with Crippen molar-refractivity contribution in [2.24, 2.45) is 16.0 Å². The zero-order valence-electron chi connectivity index (χ0n) is 24.9. The molecule has 228 valence electrons. The summed E-state index contributed by atoms with van der Waals surface area (Å²) in [7, 11) is 0.